The van der Waals surface area contributed by atoms with Crippen molar-refractivity contribution in [1.29, 1.82) is 0 Å². The molecular weight excluding hydrogens is 302 g/mol. The molecule has 0 spiro atoms. The lowest BCUT2D eigenvalue weighted by Gasteiger charge is -2.07. The van der Waals surface area contributed by atoms with Gasteiger partial charge in [-0.25, -0.2) is 13.6 Å². The number of esters is 1. The van der Waals surface area contributed by atoms with Crippen LogP contribution in [-0.2, 0) is 0 Å². The number of nitrogens with zero attached hydrogens (tertiary/aromatic N) is 1. The van der Waals surface area contributed by atoms with E-state index < -0.39 is 35.0 Å². The first-order valence-corrected chi connectivity index (χ1v) is 5.96. The number of aromatic nitrogens is 1. The quantitative estimate of drug-likeness (QED) is 0.354. The fraction of sp³-hybridized carbons (Fsp3) is 0.200. The van der Waals surface area contributed by atoms with Crippen LogP contribution in [0.3, 0.4) is 0 Å². The molecule has 22 heavy (non-hydrogen) atoms. The highest BCUT2D eigenvalue weighted by atomic mass is 19.2. The molecule has 0 aliphatic rings. The molecule has 1 aromatic heterocycles. The van der Waals surface area contributed by atoms with Crippen LogP contribution in [0.15, 0.2) is 30.6 Å². The van der Waals surface area contributed by atoms with Gasteiger partial charge in [0.15, 0.2) is 11.6 Å². The highest BCUT2D eigenvalue weighted by Crippen LogP contribution is 2.27. The van der Waals surface area contributed by atoms with Gasteiger partial charge < -0.3 is 4.74 Å². The van der Waals surface area contributed by atoms with E-state index in [1.807, 2.05) is 13.8 Å². The first-order valence-electron chi connectivity index (χ1n) is 5.96. The standard InChI is InChI=1S/C12H5F4NO2.C2H6.CH4/c13-7-4-8(14)10(16)11(9(7)15)19-12(18)6-2-1-3-17-5-6;1-2;/h1-5H;1-2H3;1H4. The predicted octanol–water partition coefficient (Wildman–Crippen LogP) is 4.52. The molecule has 0 aliphatic heterocycles. The van der Waals surface area contributed by atoms with Gasteiger partial charge in [-0.2, -0.15) is 8.78 Å². The lowest BCUT2D eigenvalue weighted by Crippen LogP contribution is -2.12. The third-order valence-corrected chi connectivity index (χ3v) is 2.16. The summed E-state index contributed by atoms with van der Waals surface area (Å²) >= 11 is 0. The van der Waals surface area contributed by atoms with E-state index in [0.29, 0.717) is 0 Å². The number of hydrogen-bond donors (Lipinski definition) is 0. The monoisotopic (exact) mass is 317 g/mol. The molecule has 0 amide bonds. The van der Waals surface area contributed by atoms with Gasteiger partial charge in [-0.05, 0) is 12.1 Å². The van der Waals surface area contributed by atoms with E-state index in [0.717, 1.165) is 6.20 Å². The Morgan fingerprint density at radius 2 is 1.64 bits per heavy atom. The summed E-state index contributed by atoms with van der Waals surface area (Å²) in [6.07, 6.45) is 2.44. The summed E-state index contributed by atoms with van der Waals surface area (Å²) in [5.41, 5.74) is -0.119. The normalized spacial score (nSPS) is 9.18. The summed E-state index contributed by atoms with van der Waals surface area (Å²) in [4.78, 5) is 15.1. The molecule has 0 atom stereocenters. The van der Waals surface area contributed by atoms with Crippen molar-refractivity contribution >= 4 is 5.97 Å². The van der Waals surface area contributed by atoms with Gasteiger partial charge in [-0.3, -0.25) is 4.98 Å². The van der Waals surface area contributed by atoms with E-state index >= 15 is 0 Å². The average Bonchev–Trinajstić information content (AvgIpc) is 2.52. The molecule has 1 heterocycles. The Balaban J connectivity index is 0.00000141. The first kappa shape index (κ1) is 19.6. The van der Waals surface area contributed by atoms with E-state index in [1.54, 1.807) is 0 Å². The van der Waals surface area contributed by atoms with Crippen molar-refractivity contribution in [3.63, 3.8) is 0 Å². The van der Waals surface area contributed by atoms with Crippen molar-refractivity contribution < 1.29 is 27.1 Å². The maximum Gasteiger partial charge on any atom is 0.345 e. The van der Waals surface area contributed by atoms with Gasteiger partial charge in [-0.15, -0.1) is 0 Å². The summed E-state index contributed by atoms with van der Waals surface area (Å²) < 4.78 is 56.6. The molecule has 2 aromatic rings. The molecule has 0 fully saturated rings. The highest BCUT2D eigenvalue weighted by molar-refractivity contribution is 5.90. The lowest BCUT2D eigenvalue weighted by atomic mass is 10.2. The molecule has 0 radical (unpaired) electrons. The molecule has 120 valence electrons. The topological polar surface area (TPSA) is 39.2 Å². The summed E-state index contributed by atoms with van der Waals surface area (Å²) in [7, 11) is 0. The third-order valence-electron chi connectivity index (χ3n) is 2.16. The van der Waals surface area contributed by atoms with Gasteiger partial charge in [-0.1, -0.05) is 21.3 Å². The molecule has 0 saturated carbocycles. The van der Waals surface area contributed by atoms with Crippen molar-refractivity contribution in [1.82, 2.24) is 4.98 Å². The molecule has 7 heteroatoms. The van der Waals surface area contributed by atoms with Crippen LogP contribution in [0.2, 0.25) is 0 Å². The second-order valence-corrected chi connectivity index (χ2v) is 3.43. The minimum absolute atomic E-state index is 0. The molecule has 0 N–H and O–H groups in total. The zero-order valence-corrected chi connectivity index (χ0v) is 11.2. The van der Waals surface area contributed by atoms with Gasteiger partial charge in [0.05, 0.1) is 5.56 Å². The first-order chi connectivity index (χ1) is 10.0. The van der Waals surface area contributed by atoms with Gasteiger partial charge >= 0.3 is 5.97 Å². The summed E-state index contributed by atoms with van der Waals surface area (Å²) in [5.74, 6) is -9.49. The van der Waals surface area contributed by atoms with Crippen LogP contribution < -0.4 is 4.74 Å². The second kappa shape index (κ2) is 8.76. The zero-order valence-electron chi connectivity index (χ0n) is 11.2. The third kappa shape index (κ3) is 4.28. The Morgan fingerprint density at radius 1 is 1.09 bits per heavy atom. The number of pyridine rings is 1. The largest absolute Gasteiger partial charge is 0.416 e. The zero-order chi connectivity index (χ0) is 16.0. The lowest BCUT2D eigenvalue weighted by molar-refractivity contribution is 0.0717. The Bertz CT molecular complexity index is 607. The van der Waals surface area contributed by atoms with Crippen LogP contribution in [0.25, 0.3) is 0 Å². The summed E-state index contributed by atoms with van der Waals surface area (Å²) in [5, 5.41) is 0. The van der Waals surface area contributed by atoms with Crippen molar-refractivity contribution in [3.05, 3.63) is 59.4 Å². The van der Waals surface area contributed by atoms with E-state index in [4.69, 9.17) is 0 Å². The smallest absolute Gasteiger partial charge is 0.345 e. The molecule has 2 rings (SSSR count). The summed E-state index contributed by atoms with van der Waals surface area (Å²) in [6.45, 7) is 4.00. The maximum atomic E-state index is 13.2. The molecule has 1 aromatic carbocycles. The minimum atomic E-state index is -1.78. The predicted molar refractivity (Wildman–Crippen MR) is 73.5 cm³/mol. The average molecular weight is 317 g/mol. The fourth-order valence-electron chi connectivity index (χ4n) is 1.28. The van der Waals surface area contributed by atoms with Gasteiger partial charge in [0.2, 0.25) is 17.4 Å². The molecular formula is C15H15F4NO2. The maximum absolute atomic E-state index is 13.2. The van der Waals surface area contributed by atoms with Crippen LogP contribution in [0.4, 0.5) is 17.6 Å². The Kier molecular flexibility index (Phi) is 7.79. The van der Waals surface area contributed by atoms with E-state index in [9.17, 15) is 22.4 Å². The molecule has 0 unspecified atom stereocenters. The number of carbonyl (C=O) groups is 1. The van der Waals surface area contributed by atoms with Crippen LogP contribution in [0.5, 0.6) is 5.75 Å². The number of ether oxygens (including phenoxy) is 1. The molecule has 0 saturated heterocycles. The van der Waals surface area contributed by atoms with Crippen LogP contribution in [0, 0.1) is 23.3 Å². The minimum Gasteiger partial charge on any atom is -0.416 e. The van der Waals surface area contributed by atoms with E-state index in [2.05, 4.69) is 9.72 Å². The summed E-state index contributed by atoms with van der Waals surface area (Å²) in [6, 6.07) is 2.67. The second-order valence-electron chi connectivity index (χ2n) is 3.43. The van der Waals surface area contributed by atoms with E-state index in [1.165, 1.54) is 18.3 Å². The van der Waals surface area contributed by atoms with Crippen molar-refractivity contribution in [2.75, 3.05) is 0 Å². The number of hydrogen-bond acceptors (Lipinski definition) is 3. The van der Waals surface area contributed by atoms with E-state index in [-0.39, 0.29) is 19.1 Å². The number of benzene rings is 1. The Labute approximate surface area is 125 Å². The Hall–Kier alpha value is -2.44. The molecule has 0 bridgehead atoms. The van der Waals surface area contributed by atoms with Crippen molar-refractivity contribution in [3.8, 4) is 5.75 Å². The van der Waals surface area contributed by atoms with Gasteiger partial charge in [0.1, 0.15) is 0 Å². The van der Waals surface area contributed by atoms with Crippen LogP contribution >= 0.6 is 0 Å². The number of halogens is 4. The number of carbonyl (C=O) groups excluding carboxylic acids is 1. The van der Waals surface area contributed by atoms with Gasteiger partial charge in [0.25, 0.3) is 0 Å². The molecule has 0 aliphatic carbocycles. The highest BCUT2D eigenvalue weighted by Gasteiger charge is 2.23. The molecule has 3 nitrogen and oxygen atoms in total. The van der Waals surface area contributed by atoms with Crippen LogP contribution in [-0.4, -0.2) is 11.0 Å². The SMILES string of the molecule is C.CC.O=C(Oc1c(F)c(F)cc(F)c1F)c1cccnc1. The van der Waals surface area contributed by atoms with Crippen molar-refractivity contribution in [2.45, 2.75) is 21.3 Å². The Morgan fingerprint density at radius 3 is 2.09 bits per heavy atom. The number of rotatable bonds is 2. The van der Waals surface area contributed by atoms with Gasteiger partial charge in [0, 0.05) is 18.5 Å². The fourth-order valence-corrected chi connectivity index (χ4v) is 1.28. The van der Waals surface area contributed by atoms with Crippen molar-refractivity contribution in [2.24, 2.45) is 0 Å². The van der Waals surface area contributed by atoms with Crippen LogP contribution in [0.1, 0.15) is 31.6 Å².